The number of hydrogen-bond donors (Lipinski definition) is 3. The molecule has 0 spiro atoms. The third kappa shape index (κ3) is 6.74. The zero-order valence-corrected chi connectivity index (χ0v) is 8.03. The van der Waals surface area contributed by atoms with Crippen LogP contribution in [0.2, 0.25) is 0 Å². The molecule has 16 heavy (non-hydrogen) atoms. The maximum atomic E-state index is 10.6. The summed E-state index contributed by atoms with van der Waals surface area (Å²) in [5.74, 6) is 2.31. The number of hydrazine groups is 1. The number of carbonyl (C=O) groups is 1. The second-order valence-electron chi connectivity index (χ2n) is 2.50. The van der Waals surface area contributed by atoms with Crippen LogP contribution < -0.4 is 11.3 Å². The predicted molar refractivity (Wildman–Crippen MR) is 49.0 cm³/mol. The molecule has 0 saturated carbocycles. The molecule has 1 aromatic rings. The van der Waals surface area contributed by atoms with Crippen LogP contribution in [-0.4, -0.2) is 22.2 Å². The number of nitrogens with zero attached hydrogens (tertiary/aromatic N) is 1. The van der Waals surface area contributed by atoms with E-state index >= 15 is 0 Å². The number of alkyl halides is 3. The first-order chi connectivity index (χ1) is 7.38. The van der Waals surface area contributed by atoms with Gasteiger partial charge in [0.2, 0.25) is 0 Å². The third-order valence-corrected chi connectivity index (χ3v) is 1.25. The van der Waals surface area contributed by atoms with Crippen LogP contribution in [-0.2, 0) is 11.3 Å². The van der Waals surface area contributed by atoms with Gasteiger partial charge >= 0.3 is 12.1 Å². The summed E-state index contributed by atoms with van der Waals surface area (Å²) < 4.78 is 31.7. The molecular weight excluding hydrogens is 227 g/mol. The van der Waals surface area contributed by atoms with Crippen molar-refractivity contribution in [3.05, 3.63) is 30.1 Å². The molecule has 0 fully saturated rings. The Hall–Kier alpha value is -1.67. The summed E-state index contributed by atoms with van der Waals surface area (Å²) in [4.78, 5) is 12.9. The van der Waals surface area contributed by atoms with Gasteiger partial charge in [-0.15, -0.1) is 0 Å². The van der Waals surface area contributed by atoms with Gasteiger partial charge in [0.15, 0.2) is 0 Å². The van der Waals surface area contributed by atoms with Crippen LogP contribution in [0.15, 0.2) is 24.4 Å². The highest BCUT2D eigenvalue weighted by Gasteiger charge is 2.38. The van der Waals surface area contributed by atoms with Gasteiger partial charge < -0.3 is 5.11 Å². The number of aliphatic carboxylic acids is 1. The highest BCUT2D eigenvalue weighted by molar-refractivity contribution is 5.73. The molecule has 0 radical (unpaired) electrons. The first-order valence-electron chi connectivity index (χ1n) is 4.01. The second kappa shape index (κ2) is 6.75. The van der Waals surface area contributed by atoms with E-state index in [1.54, 1.807) is 6.20 Å². The van der Waals surface area contributed by atoms with Crippen LogP contribution in [0.1, 0.15) is 5.69 Å². The van der Waals surface area contributed by atoms with Gasteiger partial charge in [-0.05, 0) is 12.1 Å². The zero-order valence-electron chi connectivity index (χ0n) is 8.03. The molecule has 1 heterocycles. The molecule has 0 unspecified atom stereocenters. The van der Waals surface area contributed by atoms with Crippen molar-refractivity contribution in [1.29, 1.82) is 0 Å². The van der Waals surface area contributed by atoms with Gasteiger partial charge in [-0.25, -0.2) is 4.79 Å². The van der Waals surface area contributed by atoms with Crippen molar-refractivity contribution >= 4 is 5.97 Å². The molecule has 8 heteroatoms. The van der Waals surface area contributed by atoms with E-state index in [1.807, 2.05) is 18.2 Å². The molecule has 0 atom stereocenters. The van der Waals surface area contributed by atoms with Crippen molar-refractivity contribution < 1.29 is 23.1 Å². The molecule has 0 bridgehead atoms. The first kappa shape index (κ1) is 14.3. The van der Waals surface area contributed by atoms with Crippen molar-refractivity contribution in [3.63, 3.8) is 0 Å². The first-order valence-corrected chi connectivity index (χ1v) is 4.01. The minimum atomic E-state index is -5.08. The maximum Gasteiger partial charge on any atom is 0.490 e. The van der Waals surface area contributed by atoms with Crippen LogP contribution in [0, 0.1) is 0 Å². The molecule has 0 aliphatic carbocycles. The summed E-state index contributed by atoms with van der Waals surface area (Å²) >= 11 is 0. The Morgan fingerprint density at radius 2 is 2.06 bits per heavy atom. The molecular formula is C8H10F3N3O2. The van der Waals surface area contributed by atoms with Crippen LogP contribution in [0.25, 0.3) is 0 Å². The summed E-state index contributed by atoms with van der Waals surface area (Å²) in [5, 5.41) is 7.12. The predicted octanol–water partition coefficient (Wildman–Crippen LogP) is 0.678. The molecule has 0 amide bonds. The lowest BCUT2D eigenvalue weighted by Crippen LogP contribution is -2.21. The highest BCUT2D eigenvalue weighted by atomic mass is 19.4. The smallest absolute Gasteiger partial charge is 0.475 e. The lowest BCUT2D eigenvalue weighted by Gasteiger charge is -1.94. The summed E-state index contributed by atoms with van der Waals surface area (Å²) in [7, 11) is 0. The second-order valence-corrected chi connectivity index (χ2v) is 2.50. The number of rotatable bonds is 2. The fraction of sp³-hybridized carbons (Fsp3) is 0.250. The Balaban J connectivity index is 0.000000293. The number of carboxylic acids is 1. The number of nitrogens with one attached hydrogen (secondary N) is 1. The van der Waals surface area contributed by atoms with Gasteiger partial charge in [0.25, 0.3) is 0 Å². The van der Waals surface area contributed by atoms with E-state index in [0.29, 0.717) is 6.54 Å². The normalized spacial score (nSPS) is 10.2. The minimum Gasteiger partial charge on any atom is -0.475 e. The quantitative estimate of drug-likeness (QED) is 0.520. The summed E-state index contributed by atoms with van der Waals surface area (Å²) in [6, 6.07) is 5.72. The number of nitrogens with two attached hydrogens (primary N) is 1. The van der Waals surface area contributed by atoms with Gasteiger partial charge in [-0.2, -0.15) is 13.2 Å². The molecule has 90 valence electrons. The number of halogens is 3. The Morgan fingerprint density at radius 1 is 1.50 bits per heavy atom. The Morgan fingerprint density at radius 3 is 2.38 bits per heavy atom. The SMILES string of the molecule is NNCc1ccccn1.O=C(O)C(F)(F)F. The lowest BCUT2D eigenvalue weighted by atomic mass is 10.4. The van der Waals surface area contributed by atoms with E-state index in [1.165, 1.54) is 0 Å². The fourth-order valence-electron chi connectivity index (χ4n) is 0.607. The van der Waals surface area contributed by atoms with Gasteiger partial charge in [0.05, 0.1) is 12.2 Å². The molecule has 1 aromatic heterocycles. The largest absolute Gasteiger partial charge is 0.490 e. The summed E-state index contributed by atoms with van der Waals surface area (Å²) in [6.45, 7) is 0.626. The van der Waals surface area contributed by atoms with Gasteiger partial charge in [-0.1, -0.05) is 6.07 Å². The molecule has 1 rings (SSSR count). The Kier molecular flexibility index (Phi) is 6.04. The number of aromatic nitrogens is 1. The average molecular weight is 237 g/mol. The van der Waals surface area contributed by atoms with Crippen molar-refractivity contribution in [2.45, 2.75) is 12.7 Å². The fourth-order valence-corrected chi connectivity index (χ4v) is 0.607. The van der Waals surface area contributed by atoms with Gasteiger partial charge in [0.1, 0.15) is 0 Å². The van der Waals surface area contributed by atoms with E-state index in [-0.39, 0.29) is 0 Å². The van der Waals surface area contributed by atoms with E-state index in [0.717, 1.165) is 5.69 Å². The summed E-state index contributed by atoms with van der Waals surface area (Å²) in [5.41, 5.74) is 3.48. The summed E-state index contributed by atoms with van der Waals surface area (Å²) in [6.07, 6.45) is -3.34. The van der Waals surface area contributed by atoms with E-state index in [9.17, 15) is 13.2 Å². The topological polar surface area (TPSA) is 88.2 Å². The standard InChI is InChI=1S/C6H9N3.C2HF3O2/c7-9-5-6-3-1-2-4-8-6;3-2(4,5)1(6)7/h1-4,9H,5,7H2;(H,6,7). The van der Waals surface area contributed by atoms with Crippen molar-refractivity contribution in [3.8, 4) is 0 Å². The van der Waals surface area contributed by atoms with Crippen LogP contribution >= 0.6 is 0 Å². The maximum absolute atomic E-state index is 10.6. The van der Waals surface area contributed by atoms with Crippen molar-refractivity contribution in [1.82, 2.24) is 10.4 Å². The minimum absolute atomic E-state index is 0.626. The van der Waals surface area contributed by atoms with Crippen molar-refractivity contribution in [2.75, 3.05) is 0 Å². The average Bonchev–Trinajstić information content (AvgIpc) is 2.19. The van der Waals surface area contributed by atoms with Crippen LogP contribution in [0.3, 0.4) is 0 Å². The Bertz CT molecular complexity index is 316. The number of hydrogen-bond acceptors (Lipinski definition) is 4. The zero-order chi connectivity index (χ0) is 12.6. The molecule has 5 nitrogen and oxygen atoms in total. The molecule has 0 aliphatic rings. The molecule has 0 saturated heterocycles. The Labute approximate surface area is 89.1 Å². The molecule has 0 aliphatic heterocycles. The third-order valence-electron chi connectivity index (χ3n) is 1.25. The van der Waals surface area contributed by atoms with Crippen LogP contribution in [0.5, 0.6) is 0 Å². The van der Waals surface area contributed by atoms with Gasteiger partial charge in [0, 0.05) is 6.20 Å². The lowest BCUT2D eigenvalue weighted by molar-refractivity contribution is -0.192. The number of carboxylic acid groups (broad SMARTS) is 1. The monoisotopic (exact) mass is 237 g/mol. The van der Waals surface area contributed by atoms with E-state index in [2.05, 4.69) is 10.4 Å². The highest BCUT2D eigenvalue weighted by Crippen LogP contribution is 2.13. The van der Waals surface area contributed by atoms with Gasteiger partial charge in [-0.3, -0.25) is 16.3 Å². The molecule has 4 N–H and O–H groups in total. The van der Waals surface area contributed by atoms with Crippen LogP contribution in [0.4, 0.5) is 13.2 Å². The molecule has 0 aromatic carbocycles. The van der Waals surface area contributed by atoms with Crippen molar-refractivity contribution in [2.24, 2.45) is 5.84 Å². The van der Waals surface area contributed by atoms with E-state index < -0.39 is 12.1 Å². The van der Waals surface area contributed by atoms with E-state index in [4.69, 9.17) is 15.7 Å². The number of pyridine rings is 1.